The highest BCUT2D eigenvalue weighted by atomic mass is 79.9. The maximum Gasteiger partial charge on any atom is 0.260 e. The highest BCUT2D eigenvalue weighted by Crippen LogP contribution is 2.38. The second-order valence-electron chi connectivity index (χ2n) is 5.53. The number of nitrogens with zero attached hydrogens (tertiary/aromatic N) is 1. The van der Waals surface area contributed by atoms with Crippen molar-refractivity contribution < 1.29 is 9.18 Å². The predicted molar refractivity (Wildman–Crippen MR) is 97.0 cm³/mol. The molecule has 0 radical (unpaired) electrons. The van der Waals surface area contributed by atoms with Crippen LogP contribution >= 0.6 is 27.3 Å². The fourth-order valence-electron chi connectivity index (χ4n) is 2.84. The molecule has 1 heterocycles. The average Bonchev–Trinajstić information content (AvgIpc) is 2.97. The van der Waals surface area contributed by atoms with Crippen molar-refractivity contribution in [1.82, 2.24) is 4.98 Å². The van der Waals surface area contributed by atoms with Crippen molar-refractivity contribution in [2.24, 2.45) is 0 Å². The zero-order chi connectivity index (χ0) is 16.7. The zero-order valence-corrected chi connectivity index (χ0v) is 14.9. The molecule has 0 unspecified atom stereocenters. The van der Waals surface area contributed by atoms with E-state index in [9.17, 15) is 9.18 Å². The first-order chi connectivity index (χ1) is 11.6. The molecule has 0 saturated heterocycles. The zero-order valence-electron chi connectivity index (χ0n) is 12.5. The Bertz CT molecular complexity index is 954. The van der Waals surface area contributed by atoms with E-state index < -0.39 is 11.7 Å². The van der Waals surface area contributed by atoms with Gasteiger partial charge in [0.2, 0.25) is 0 Å². The lowest BCUT2D eigenvalue weighted by Gasteiger charge is -2.13. The van der Waals surface area contributed by atoms with Gasteiger partial charge in [-0.1, -0.05) is 40.2 Å². The molecule has 24 heavy (non-hydrogen) atoms. The number of halogens is 2. The largest absolute Gasteiger partial charge is 0.298 e. The van der Waals surface area contributed by atoms with E-state index in [2.05, 4.69) is 32.3 Å². The SMILES string of the molecule is O=C(Nc1nc2c(s1)CCc1ccccc1-2)c1ccc(Br)cc1F. The molecular formula is C18H12BrFN2OS. The number of fused-ring (bicyclic) bond motifs is 3. The van der Waals surface area contributed by atoms with Gasteiger partial charge in [0.05, 0.1) is 11.3 Å². The molecule has 0 atom stereocenters. The van der Waals surface area contributed by atoms with Crippen molar-refractivity contribution >= 4 is 38.3 Å². The van der Waals surface area contributed by atoms with Crippen LogP contribution in [0.3, 0.4) is 0 Å². The first kappa shape index (κ1) is 15.5. The first-order valence-electron chi connectivity index (χ1n) is 7.46. The lowest BCUT2D eigenvalue weighted by molar-refractivity contribution is 0.102. The normalized spacial score (nSPS) is 12.4. The van der Waals surface area contributed by atoms with Crippen LogP contribution in [0.15, 0.2) is 46.9 Å². The van der Waals surface area contributed by atoms with Crippen LogP contribution in [0.2, 0.25) is 0 Å². The van der Waals surface area contributed by atoms with Crippen molar-refractivity contribution in [3.63, 3.8) is 0 Å². The van der Waals surface area contributed by atoms with Crippen LogP contribution in [0.4, 0.5) is 9.52 Å². The van der Waals surface area contributed by atoms with Crippen LogP contribution in [0, 0.1) is 5.82 Å². The maximum atomic E-state index is 13.9. The second kappa shape index (κ2) is 6.11. The van der Waals surface area contributed by atoms with Gasteiger partial charge in [0.15, 0.2) is 5.13 Å². The minimum Gasteiger partial charge on any atom is -0.298 e. The molecule has 0 saturated carbocycles. The summed E-state index contributed by atoms with van der Waals surface area (Å²) in [7, 11) is 0. The summed E-state index contributed by atoms with van der Waals surface area (Å²) < 4.78 is 14.5. The smallest absolute Gasteiger partial charge is 0.260 e. The fourth-order valence-corrected chi connectivity index (χ4v) is 4.14. The molecule has 3 aromatic rings. The van der Waals surface area contributed by atoms with Gasteiger partial charge in [-0.05, 0) is 36.6 Å². The summed E-state index contributed by atoms with van der Waals surface area (Å²) in [5.74, 6) is -1.05. The summed E-state index contributed by atoms with van der Waals surface area (Å²) in [4.78, 5) is 18.0. The van der Waals surface area contributed by atoms with E-state index >= 15 is 0 Å². The third-order valence-electron chi connectivity index (χ3n) is 3.99. The molecule has 1 aliphatic rings. The molecule has 0 spiro atoms. The molecule has 4 rings (SSSR count). The van der Waals surface area contributed by atoms with Gasteiger partial charge >= 0.3 is 0 Å². The van der Waals surface area contributed by atoms with Gasteiger partial charge in [0, 0.05) is 14.9 Å². The van der Waals surface area contributed by atoms with Crippen LogP contribution in [-0.2, 0) is 12.8 Å². The number of hydrogen-bond acceptors (Lipinski definition) is 3. The Morgan fingerprint density at radius 1 is 1.21 bits per heavy atom. The highest BCUT2D eigenvalue weighted by Gasteiger charge is 2.22. The molecule has 3 nitrogen and oxygen atoms in total. The Kier molecular flexibility index (Phi) is 3.94. The molecule has 2 aromatic carbocycles. The number of hydrogen-bond donors (Lipinski definition) is 1. The summed E-state index contributed by atoms with van der Waals surface area (Å²) in [5, 5.41) is 3.22. The number of nitrogens with one attached hydrogen (secondary N) is 1. The topological polar surface area (TPSA) is 42.0 Å². The van der Waals surface area contributed by atoms with Crippen molar-refractivity contribution in [1.29, 1.82) is 0 Å². The van der Waals surface area contributed by atoms with Gasteiger partial charge in [0.25, 0.3) is 5.91 Å². The number of rotatable bonds is 2. The molecule has 1 aromatic heterocycles. The summed E-state index contributed by atoms with van der Waals surface area (Å²) in [6.45, 7) is 0. The predicted octanol–water partition coefficient (Wildman–Crippen LogP) is 5.06. The molecule has 1 N–H and O–H groups in total. The van der Waals surface area contributed by atoms with Crippen LogP contribution < -0.4 is 5.32 Å². The van der Waals surface area contributed by atoms with E-state index in [1.165, 1.54) is 29.0 Å². The van der Waals surface area contributed by atoms with Crippen LogP contribution in [0.1, 0.15) is 20.8 Å². The Morgan fingerprint density at radius 2 is 2.04 bits per heavy atom. The summed E-state index contributed by atoms with van der Waals surface area (Å²) in [6, 6.07) is 12.5. The molecule has 0 fully saturated rings. The van der Waals surface area contributed by atoms with E-state index in [-0.39, 0.29) is 5.56 Å². The number of benzene rings is 2. The molecule has 1 amide bonds. The van der Waals surface area contributed by atoms with Gasteiger partial charge in [0.1, 0.15) is 5.82 Å². The number of carbonyl (C=O) groups is 1. The molecule has 0 bridgehead atoms. The average molecular weight is 403 g/mol. The molecular weight excluding hydrogens is 391 g/mol. The number of thiazole rings is 1. The standard InChI is InChI=1S/C18H12BrFN2OS/c19-11-6-7-13(14(20)9-11)17(23)22-18-21-16-12-4-2-1-3-10(12)5-8-15(16)24-18/h1-4,6-7,9H,5,8H2,(H,21,22,23). The lowest BCUT2D eigenvalue weighted by atomic mass is 9.94. The van der Waals surface area contributed by atoms with Crippen LogP contribution in [0.5, 0.6) is 0 Å². The summed E-state index contributed by atoms with van der Waals surface area (Å²) >= 11 is 4.64. The van der Waals surface area contributed by atoms with E-state index in [4.69, 9.17) is 0 Å². The Balaban J connectivity index is 1.63. The third kappa shape index (κ3) is 2.76. The van der Waals surface area contributed by atoms with E-state index in [0.29, 0.717) is 9.60 Å². The Morgan fingerprint density at radius 3 is 2.88 bits per heavy atom. The fraction of sp³-hybridized carbons (Fsp3) is 0.111. The van der Waals surface area contributed by atoms with E-state index in [0.717, 1.165) is 29.0 Å². The van der Waals surface area contributed by atoms with E-state index in [1.807, 2.05) is 18.2 Å². The van der Waals surface area contributed by atoms with Crippen LogP contribution in [-0.4, -0.2) is 10.9 Å². The van der Waals surface area contributed by atoms with Crippen LogP contribution in [0.25, 0.3) is 11.3 Å². The van der Waals surface area contributed by atoms with Gasteiger partial charge in [-0.25, -0.2) is 9.37 Å². The maximum absolute atomic E-state index is 13.9. The number of amides is 1. The second-order valence-corrected chi connectivity index (χ2v) is 7.53. The van der Waals surface area contributed by atoms with Gasteiger partial charge < -0.3 is 0 Å². The Hall–Kier alpha value is -2.05. The monoisotopic (exact) mass is 402 g/mol. The molecule has 120 valence electrons. The van der Waals surface area contributed by atoms with E-state index in [1.54, 1.807) is 6.07 Å². The number of anilines is 1. The number of aromatic nitrogens is 1. The highest BCUT2D eigenvalue weighted by molar-refractivity contribution is 9.10. The summed E-state index contributed by atoms with van der Waals surface area (Å²) in [6.07, 6.45) is 1.88. The number of aryl methyl sites for hydroxylation is 2. The first-order valence-corrected chi connectivity index (χ1v) is 9.07. The van der Waals surface area contributed by atoms with Gasteiger partial charge in [-0.2, -0.15) is 0 Å². The molecule has 0 aliphatic heterocycles. The summed E-state index contributed by atoms with van der Waals surface area (Å²) in [5.41, 5.74) is 3.32. The minimum absolute atomic E-state index is 0.00627. The minimum atomic E-state index is -0.562. The lowest BCUT2D eigenvalue weighted by Crippen LogP contribution is -2.13. The van der Waals surface area contributed by atoms with Gasteiger partial charge in [-0.3, -0.25) is 10.1 Å². The molecule has 6 heteroatoms. The molecule has 1 aliphatic carbocycles. The third-order valence-corrected chi connectivity index (χ3v) is 5.51. The van der Waals surface area contributed by atoms with Crippen molar-refractivity contribution in [2.45, 2.75) is 12.8 Å². The Labute approximate surface area is 150 Å². The van der Waals surface area contributed by atoms with Crippen molar-refractivity contribution in [2.75, 3.05) is 5.32 Å². The number of carbonyl (C=O) groups excluding carboxylic acids is 1. The van der Waals surface area contributed by atoms with Crippen molar-refractivity contribution in [3.8, 4) is 11.3 Å². The van der Waals surface area contributed by atoms with Gasteiger partial charge in [-0.15, -0.1) is 11.3 Å². The quantitative estimate of drug-likeness (QED) is 0.650. The van der Waals surface area contributed by atoms with Crippen molar-refractivity contribution in [3.05, 3.63) is 68.8 Å².